The molecule has 0 saturated carbocycles. The molecule has 1 atom stereocenters. The Morgan fingerprint density at radius 2 is 1.70 bits per heavy atom. The summed E-state index contributed by atoms with van der Waals surface area (Å²) < 4.78 is 0. The van der Waals surface area contributed by atoms with Gasteiger partial charge in [-0.05, 0) is 41.3 Å². The fraction of sp³-hybridized carbons (Fsp3) is 0.167. The molecule has 150 valence electrons. The molecule has 0 radical (unpaired) electrons. The first kappa shape index (κ1) is 19.5. The number of aryl methyl sites for hydroxylation is 1. The van der Waals surface area contributed by atoms with Gasteiger partial charge in [0.05, 0.1) is 11.6 Å². The number of benzene rings is 1. The van der Waals surface area contributed by atoms with Crippen LogP contribution in [0.1, 0.15) is 35.2 Å². The quantitative estimate of drug-likeness (QED) is 0.402. The molecular formula is C24H21N3O3. The van der Waals surface area contributed by atoms with Crippen molar-refractivity contribution in [3.8, 4) is 0 Å². The highest BCUT2D eigenvalue weighted by Crippen LogP contribution is 2.40. The Bertz CT molecular complexity index is 1090. The second-order valence-corrected chi connectivity index (χ2v) is 7.12. The molecule has 3 aromatic rings. The Hall–Kier alpha value is -3.80. The molecule has 0 spiro atoms. The molecule has 1 aromatic carbocycles. The van der Waals surface area contributed by atoms with Gasteiger partial charge >= 0.3 is 0 Å². The minimum atomic E-state index is -0.697. The number of carbonyl (C=O) groups is 2. The van der Waals surface area contributed by atoms with Crippen LogP contribution in [0.25, 0.3) is 5.76 Å². The van der Waals surface area contributed by atoms with Crippen LogP contribution in [0, 0.1) is 0 Å². The average molecular weight is 399 g/mol. The van der Waals surface area contributed by atoms with E-state index in [-0.39, 0.29) is 17.9 Å². The van der Waals surface area contributed by atoms with Gasteiger partial charge in [0.25, 0.3) is 11.7 Å². The molecule has 1 fully saturated rings. The van der Waals surface area contributed by atoms with E-state index in [4.69, 9.17) is 0 Å². The van der Waals surface area contributed by atoms with Crippen LogP contribution in [0.2, 0.25) is 0 Å². The van der Waals surface area contributed by atoms with Crippen LogP contribution in [0.5, 0.6) is 0 Å². The zero-order valence-electron chi connectivity index (χ0n) is 16.5. The van der Waals surface area contributed by atoms with E-state index in [0.29, 0.717) is 5.56 Å². The fourth-order valence-electron chi connectivity index (χ4n) is 3.68. The molecule has 0 aliphatic carbocycles. The van der Waals surface area contributed by atoms with Gasteiger partial charge in [-0.15, -0.1) is 0 Å². The van der Waals surface area contributed by atoms with Gasteiger partial charge in [-0.3, -0.25) is 19.6 Å². The summed E-state index contributed by atoms with van der Waals surface area (Å²) in [5, 5.41) is 11.0. The summed E-state index contributed by atoms with van der Waals surface area (Å²) in [7, 11) is 0. The van der Waals surface area contributed by atoms with Crippen molar-refractivity contribution in [1.82, 2.24) is 14.9 Å². The molecule has 6 nitrogen and oxygen atoms in total. The number of Topliss-reactive ketones (excluding diaryl/α,β-unsaturated/α-hetero) is 1. The molecule has 1 aliphatic rings. The normalized spacial score (nSPS) is 18.0. The lowest BCUT2D eigenvalue weighted by Crippen LogP contribution is -2.29. The Kier molecular flexibility index (Phi) is 5.39. The largest absolute Gasteiger partial charge is 0.507 e. The van der Waals surface area contributed by atoms with Crippen LogP contribution in [0.3, 0.4) is 0 Å². The zero-order chi connectivity index (χ0) is 21.1. The number of hydrogen-bond acceptors (Lipinski definition) is 5. The maximum absolute atomic E-state index is 13.0. The Morgan fingerprint density at radius 1 is 0.967 bits per heavy atom. The van der Waals surface area contributed by atoms with Crippen LogP contribution < -0.4 is 0 Å². The third-order valence-electron chi connectivity index (χ3n) is 5.27. The van der Waals surface area contributed by atoms with E-state index in [1.54, 1.807) is 30.6 Å². The molecular weight excluding hydrogens is 378 g/mol. The molecule has 30 heavy (non-hydrogen) atoms. The molecule has 1 amide bonds. The number of rotatable bonds is 5. The Labute approximate surface area is 174 Å². The van der Waals surface area contributed by atoms with Crippen LogP contribution in [0.15, 0.2) is 78.9 Å². The second kappa shape index (κ2) is 8.29. The minimum Gasteiger partial charge on any atom is -0.507 e. The first-order valence-corrected chi connectivity index (χ1v) is 9.76. The van der Waals surface area contributed by atoms with Crippen molar-refractivity contribution in [3.63, 3.8) is 0 Å². The topological polar surface area (TPSA) is 83.4 Å². The van der Waals surface area contributed by atoms with Gasteiger partial charge in [0, 0.05) is 36.9 Å². The van der Waals surface area contributed by atoms with Gasteiger partial charge < -0.3 is 10.0 Å². The maximum Gasteiger partial charge on any atom is 0.295 e. The lowest BCUT2D eigenvalue weighted by molar-refractivity contribution is -0.140. The predicted octanol–water partition coefficient (Wildman–Crippen LogP) is 3.66. The van der Waals surface area contributed by atoms with E-state index in [1.807, 2.05) is 30.3 Å². The first-order chi connectivity index (χ1) is 14.6. The molecule has 1 unspecified atom stereocenters. The number of nitrogens with zero attached hydrogens (tertiary/aromatic N) is 3. The van der Waals surface area contributed by atoms with Gasteiger partial charge in [-0.1, -0.05) is 37.3 Å². The minimum absolute atomic E-state index is 0.0827. The fourth-order valence-corrected chi connectivity index (χ4v) is 3.68. The molecule has 4 rings (SSSR count). The Morgan fingerprint density at radius 3 is 2.33 bits per heavy atom. The predicted molar refractivity (Wildman–Crippen MR) is 112 cm³/mol. The van der Waals surface area contributed by atoms with Gasteiger partial charge in [0.1, 0.15) is 5.76 Å². The summed E-state index contributed by atoms with van der Waals surface area (Å²) in [5.74, 6) is -1.54. The number of aliphatic hydroxyl groups is 1. The standard InChI is InChI=1S/C24H21N3O3/c1-2-16-5-7-18(8-6-16)21-20(22(28)19-9-12-25-13-10-19)23(29)24(30)27(21)15-17-4-3-11-26-14-17/h3-14,21,28H,2,15H2,1H3/b22-20+. The van der Waals surface area contributed by atoms with Crippen molar-refractivity contribution < 1.29 is 14.7 Å². The van der Waals surface area contributed by atoms with Crippen LogP contribution in [0.4, 0.5) is 0 Å². The number of aromatic nitrogens is 2. The number of likely N-dealkylation sites (tertiary alicyclic amines) is 1. The molecule has 3 heterocycles. The number of hydrogen-bond donors (Lipinski definition) is 1. The molecule has 1 saturated heterocycles. The monoisotopic (exact) mass is 399 g/mol. The summed E-state index contributed by atoms with van der Waals surface area (Å²) in [6.45, 7) is 2.28. The third kappa shape index (κ3) is 3.59. The highest BCUT2D eigenvalue weighted by molar-refractivity contribution is 6.46. The smallest absolute Gasteiger partial charge is 0.295 e. The molecule has 6 heteroatoms. The summed E-state index contributed by atoms with van der Waals surface area (Å²) in [5.41, 5.74) is 3.25. The number of ketones is 1. The third-order valence-corrected chi connectivity index (χ3v) is 5.27. The lowest BCUT2D eigenvalue weighted by Gasteiger charge is -2.25. The van der Waals surface area contributed by atoms with E-state index in [9.17, 15) is 14.7 Å². The zero-order valence-corrected chi connectivity index (χ0v) is 16.5. The van der Waals surface area contributed by atoms with E-state index >= 15 is 0 Å². The van der Waals surface area contributed by atoms with Crippen molar-refractivity contribution in [3.05, 3.63) is 101 Å². The lowest BCUT2D eigenvalue weighted by atomic mass is 9.94. The number of amides is 1. The van der Waals surface area contributed by atoms with Crippen molar-refractivity contribution in [1.29, 1.82) is 0 Å². The highest BCUT2D eigenvalue weighted by atomic mass is 16.3. The summed E-state index contributed by atoms with van der Waals surface area (Å²) in [6, 6.07) is 13.9. The van der Waals surface area contributed by atoms with E-state index < -0.39 is 17.7 Å². The van der Waals surface area contributed by atoms with Gasteiger partial charge in [-0.25, -0.2) is 0 Å². The molecule has 2 aromatic heterocycles. The molecule has 1 N–H and O–H groups in total. The Balaban J connectivity index is 1.85. The van der Waals surface area contributed by atoms with Crippen molar-refractivity contribution >= 4 is 17.4 Å². The average Bonchev–Trinajstić information content (AvgIpc) is 3.05. The van der Waals surface area contributed by atoms with Gasteiger partial charge in [0.2, 0.25) is 0 Å². The summed E-state index contributed by atoms with van der Waals surface area (Å²) >= 11 is 0. The van der Waals surface area contributed by atoms with E-state index in [1.165, 1.54) is 17.3 Å². The van der Waals surface area contributed by atoms with Crippen LogP contribution in [-0.2, 0) is 22.6 Å². The van der Waals surface area contributed by atoms with Crippen LogP contribution >= 0.6 is 0 Å². The van der Waals surface area contributed by atoms with E-state index in [0.717, 1.165) is 23.1 Å². The number of carbonyl (C=O) groups excluding carboxylic acids is 2. The summed E-state index contributed by atoms with van der Waals surface area (Å²) in [4.78, 5) is 35.5. The highest BCUT2D eigenvalue weighted by Gasteiger charge is 2.46. The van der Waals surface area contributed by atoms with Gasteiger partial charge in [-0.2, -0.15) is 0 Å². The second-order valence-electron chi connectivity index (χ2n) is 7.12. The maximum atomic E-state index is 13.0. The summed E-state index contributed by atoms with van der Waals surface area (Å²) in [6.07, 6.45) is 7.27. The SMILES string of the molecule is CCc1ccc(C2/C(=C(\O)c3ccncc3)C(=O)C(=O)N2Cc2cccnc2)cc1. The van der Waals surface area contributed by atoms with Crippen molar-refractivity contribution in [2.45, 2.75) is 25.9 Å². The van der Waals surface area contributed by atoms with Gasteiger partial charge in [0.15, 0.2) is 0 Å². The molecule has 1 aliphatic heterocycles. The van der Waals surface area contributed by atoms with Crippen molar-refractivity contribution in [2.75, 3.05) is 0 Å². The first-order valence-electron chi connectivity index (χ1n) is 9.76. The van der Waals surface area contributed by atoms with Crippen LogP contribution in [-0.4, -0.2) is 31.7 Å². The van der Waals surface area contributed by atoms with E-state index in [2.05, 4.69) is 16.9 Å². The number of aliphatic hydroxyl groups excluding tert-OH is 1. The van der Waals surface area contributed by atoms with Crippen molar-refractivity contribution in [2.24, 2.45) is 0 Å². The number of pyridine rings is 2. The molecule has 0 bridgehead atoms.